The van der Waals surface area contributed by atoms with Crippen LogP contribution in [0.3, 0.4) is 0 Å². The SMILES string of the molecule is O=C(O)c1ccc(CC(C(=O)O)c2cccc(Cl)c2)cc1. The van der Waals surface area contributed by atoms with Gasteiger partial charge in [-0.3, -0.25) is 4.79 Å². The molecular formula is C16H13ClO4. The van der Waals surface area contributed by atoms with Crippen molar-refractivity contribution in [1.29, 1.82) is 0 Å². The quantitative estimate of drug-likeness (QED) is 0.887. The van der Waals surface area contributed by atoms with Crippen LogP contribution in [0.25, 0.3) is 0 Å². The van der Waals surface area contributed by atoms with Gasteiger partial charge in [0.05, 0.1) is 11.5 Å². The molecule has 0 bridgehead atoms. The molecule has 0 aliphatic carbocycles. The molecule has 0 aliphatic rings. The Labute approximate surface area is 126 Å². The summed E-state index contributed by atoms with van der Waals surface area (Å²) in [5, 5.41) is 18.7. The number of hydrogen-bond donors (Lipinski definition) is 2. The lowest BCUT2D eigenvalue weighted by Crippen LogP contribution is -2.14. The van der Waals surface area contributed by atoms with Gasteiger partial charge in [0, 0.05) is 5.02 Å². The summed E-state index contributed by atoms with van der Waals surface area (Å²) in [4.78, 5) is 22.2. The fourth-order valence-corrected chi connectivity index (χ4v) is 2.29. The third-order valence-corrected chi connectivity index (χ3v) is 3.42. The molecular weight excluding hydrogens is 292 g/mol. The summed E-state index contributed by atoms with van der Waals surface area (Å²) >= 11 is 5.89. The molecule has 5 heteroatoms. The fraction of sp³-hybridized carbons (Fsp3) is 0.125. The highest BCUT2D eigenvalue weighted by molar-refractivity contribution is 6.30. The lowest BCUT2D eigenvalue weighted by atomic mass is 9.92. The molecule has 21 heavy (non-hydrogen) atoms. The normalized spacial score (nSPS) is 11.9. The Bertz CT molecular complexity index is 664. The summed E-state index contributed by atoms with van der Waals surface area (Å²) in [6.07, 6.45) is 0.273. The Balaban J connectivity index is 2.24. The highest BCUT2D eigenvalue weighted by Crippen LogP contribution is 2.24. The summed E-state index contributed by atoms with van der Waals surface area (Å²) in [7, 11) is 0. The van der Waals surface area contributed by atoms with Crippen molar-refractivity contribution >= 4 is 23.5 Å². The molecule has 0 saturated heterocycles. The molecule has 1 unspecified atom stereocenters. The summed E-state index contributed by atoms with van der Waals surface area (Å²) in [5.41, 5.74) is 1.55. The van der Waals surface area contributed by atoms with E-state index in [9.17, 15) is 14.7 Å². The van der Waals surface area contributed by atoms with Crippen molar-refractivity contribution in [1.82, 2.24) is 0 Å². The number of carboxylic acids is 2. The fourth-order valence-electron chi connectivity index (χ4n) is 2.09. The van der Waals surface area contributed by atoms with E-state index >= 15 is 0 Å². The zero-order valence-electron chi connectivity index (χ0n) is 11.0. The van der Waals surface area contributed by atoms with Gasteiger partial charge in [-0.1, -0.05) is 35.9 Å². The zero-order valence-corrected chi connectivity index (χ0v) is 11.7. The Morgan fingerprint density at radius 2 is 1.71 bits per heavy atom. The zero-order chi connectivity index (χ0) is 15.4. The molecule has 2 aromatic carbocycles. The van der Waals surface area contributed by atoms with Crippen molar-refractivity contribution in [3.8, 4) is 0 Å². The van der Waals surface area contributed by atoms with Gasteiger partial charge in [0.25, 0.3) is 0 Å². The van der Waals surface area contributed by atoms with Crippen molar-refractivity contribution in [2.24, 2.45) is 0 Å². The third-order valence-electron chi connectivity index (χ3n) is 3.19. The molecule has 0 amide bonds. The second-order valence-electron chi connectivity index (χ2n) is 4.65. The van der Waals surface area contributed by atoms with Gasteiger partial charge in [0.1, 0.15) is 0 Å². The maximum absolute atomic E-state index is 11.5. The van der Waals surface area contributed by atoms with E-state index in [0.29, 0.717) is 10.6 Å². The second-order valence-corrected chi connectivity index (χ2v) is 5.09. The van der Waals surface area contributed by atoms with Gasteiger partial charge >= 0.3 is 11.9 Å². The standard InChI is InChI=1S/C16H13ClO4/c17-13-3-1-2-12(9-13)14(16(20)21)8-10-4-6-11(7-5-10)15(18)19/h1-7,9,14H,8H2,(H,18,19)(H,20,21). The van der Waals surface area contributed by atoms with E-state index in [-0.39, 0.29) is 12.0 Å². The number of carboxylic acid groups (broad SMARTS) is 2. The maximum Gasteiger partial charge on any atom is 0.335 e. The number of hydrogen-bond acceptors (Lipinski definition) is 2. The minimum Gasteiger partial charge on any atom is -0.481 e. The van der Waals surface area contributed by atoms with Crippen LogP contribution in [-0.2, 0) is 11.2 Å². The van der Waals surface area contributed by atoms with Crippen LogP contribution in [-0.4, -0.2) is 22.2 Å². The van der Waals surface area contributed by atoms with E-state index in [1.54, 1.807) is 36.4 Å². The first-order chi connectivity index (χ1) is 9.97. The largest absolute Gasteiger partial charge is 0.481 e. The Morgan fingerprint density at radius 1 is 1.05 bits per heavy atom. The molecule has 108 valence electrons. The van der Waals surface area contributed by atoms with Crippen LogP contribution in [0.4, 0.5) is 0 Å². The van der Waals surface area contributed by atoms with Crippen LogP contribution in [0.15, 0.2) is 48.5 Å². The minimum absolute atomic E-state index is 0.174. The Hall–Kier alpha value is -2.33. The molecule has 0 saturated carbocycles. The number of rotatable bonds is 5. The van der Waals surface area contributed by atoms with Crippen LogP contribution in [0.5, 0.6) is 0 Å². The maximum atomic E-state index is 11.5. The van der Waals surface area contributed by atoms with E-state index < -0.39 is 17.9 Å². The molecule has 0 radical (unpaired) electrons. The predicted molar refractivity (Wildman–Crippen MR) is 78.9 cm³/mol. The summed E-state index contributed by atoms with van der Waals surface area (Å²) in [6.45, 7) is 0. The molecule has 2 aromatic rings. The van der Waals surface area contributed by atoms with E-state index in [0.717, 1.165) is 5.56 Å². The molecule has 0 aromatic heterocycles. The second kappa shape index (κ2) is 6.41. The van der Waals surface area contributed by atoms with Crippen LogP contribution in [0.2, 0.25) is 5.02 Å². The molecule has 2 N–H and O–H groups in total. The van der Waals surface area contributed by atoms with Crippen LogP contribution >= 0.6 is 11.6 Å². The molecule has 0 aliphatic heterocycles. The highest BCUT2D eigenvalue weighted by atomic mass is 35.5. The lowest BCUT2D eigenvalue weighted by molar-refractivity contribution is -0.138. The summed E-state index contributed by atoms with van der Waals surface area (Å²) in [5.74, 6) is -2.68. The minimum atomic E-state index is -1.01. The van der Waals surface area contributed by atoms with Gasteiger partial charge in [-0.2, -0.15) is 0 Å². The molecule has 0 spiro atoms. The van der Waals surface area contributed by atoms with E-state index in [4.69, 9.17) is 16.7 Å². The summed E-state index contributed by atoms with van der Waals surface area (Å²) < 4.78 is 0. The van der Waals surface area contributed by atoms with Gasteiger partial charge in [0.15, 0.2) is 0 Å². The number of benzene rings is 2. The Morgan fingerprint density at radius 3 is 2.24 bits per heavy atom. The van der Waals surface area contributed by atoms with Gasteiger partial charge in [0.2, 0.25) is 0 Å². The first kappa shape index (κ1) is 15.1. The van der Waals surface area contributed by atoms with Gasteiger partial charge in [-0.25, -0.2) is 4.79 Å². The van der Waals surface area contributed by atoms with Crippen LogP contribution in [0, 0.1) is 0 Å². The first-order valence-electron chi connectivity index (χ1n) is 6.28. The molecule has 2 rings (SSSR count). The smallest absolute Gasteiger partial charge is 0.335 e. The number of aliphatic carboxylic acids is 1. The third kappa shape index (κ3) is 3.83. The monoisotopic (exact) mass is 304 g/mol. The number of halogens is 1. The molecule has 0 fully saturated rings. The average molecular weight is 305 g/mol. The van der Waals surface area contributed by atoms with Crippen molar-refractivity contribution in [3.63, 3.8) is 0 Å². The molecule has 0 heterocycles. The topological polar surface area (TPSA) is 74.6 Å². The number of carbonyl (C=O) groups is 2. The molecule has 1 atom stereocenters. The highest BCUT2D eigenvalue weighted by Gasteiger charge is 2.20. The van der Waals surface area contributed by atoms with E-state index in [1.807, 2.05) is 0 Å². The Kier molecular flexibility index (Phi) is 4.60. The lowest BCUT2D eigenvalue weighted by Gasteiger charge is -2.13. The van der Waals surface area contributed by atoms with Crippen molar-refractivity contribution in [2.75, 3.05) is 0 Å². The van der Waals surface area contributed by atoms with Crippen LogP contribution < -0.4 is 0 Å². The molecule has 4 nitrogen and oxygen atoms in total. The predicted octanol–water partition coefficient (Wildman–Crippen LogP) is 3.45. The first-order valence-corrected chi connectivity index (χ1v) is 6.65. The number of aromatic carboxylic acids is 1. The summed E-state index contributed by atoms with van der Waals surface area (Å²) in [6, 6.07) is 12.9. The van der Waals surface area contributed by atoms with Gasteiger partial charge in [-0.15, -0.1) is 0 Å². The van der Waals surface area contributed by atoms with E-state index in [1.165, 1.54) is 12.1 Å². The van der Waals surface area contributed by atoms with Crippen molar-refractivity contribution in [2.45, 2.75) is 12.3 Å². The van der Waals surface area contributed by atoms with Crippen molar-refractivity contribution < 1.29 is 19.8 Å². The van der Waals surface area contributed by atoms with E-state index in [2.05, 4.69) is 0 Å². The van der Waals surface area contributed by atoms with Crippen LogP contribution in [0.1, 0.15) is 27.4 Å². The van der Waals surface area contributed by atoms with Gasteiger partial charge < -0.3 is 10.2 Å². The average Bonchev–Trinajstić information content (AvgIpc) is 2.45. The van der Waals surface area contributed by atoms with Crippen molar-refractivity contribution in [3.05, 3.63) is 70.2 Å². The van der Waals surface area contributed by atoms with Gasteiger partial charge in [-0.05, 0) is 41.8 Å².